The van der Waals surface area contributed by atoms with Crippen LogP contribution in [0.4, 0.5) is 11.4 Å². The number of nitro groups is 1. The summed E-state index contributed by atoms with van der Waals surface area (Å²) in [6.45, 7) is 2.81. The van der Waals surface area contributed by atoms with Crippen LogP contribution in [0.25, 0.3) is 0 Å². The van der Waals surface area contributed by atoms with Crippen molar-refractivity contribution in [1.29, 1.82) is 0 Å². The molecule has 0 spiro atoms. The minimum Gasteiger partial charge on any atom is -0.385 e. The molecule has 4 heteroatoms. The predicted octanol–water partition coefficient (Wildman–Crippen LogP) is 3.51. The highest BCUT2D eigenvalue weighted by Gasteiger charge is 2.15. The highest BCUT2D eigenvalue weighted by Crippen LogP contribution is 2.26. The van der Waals surface area contributed by atoms with E-state index in [-0.39, 0.29) is 10.6 Å². The second-order valence-electron chi connectivity index (χ2n) is 4.85. The molecule has 0 aliphatic heterocycles. The van der Waals surface area contributed by atoms with E-state index in [2.05, 4.69) is 5.32 Å². The van der Waals surface area contributed by atoms with Gasteiger partial charge in [0.2, 0.25) is 0 Å². The molecule has 1 aromatic rings. The summed E-state index contributed by atoms with van der Waals surface area (Å²) in [5, 5.41) is 14.1. The van der Waals surface area contributed by atoms with Gasteiger partial charge in [-0.05, 0) is 37.3 Å². The SMILES string of the molecule is Cc1cc(NCC2CCCC2)cc([N+](=O)[O-])c1. The fourth-order valence-electron chi connectivity index (χ4n) is 2.45. The summed E-state index contributed by atoms with van der Waals surface area (Å²) in [4.78, 5) is 10.4. The molecule has 1 aliphatic carbocycles. The van der Waals surface area contributed by atoms with Gasteiger partial charge >= 0.3 is 0 Å². The standard InChI is InChI=1S/C13H18N2O2/c1-10-6-12(8-13(7-10)15(16)17)14-9-11-4-2-3-5-11/h6-8,11,14H,2-5,9H2,1H3. The number of hydrogen-bond donors (Lipinski definition) is 1. The van der Waals surface area contributed by atoms with Crippen molar-refractivity contribution in [1.82, 2.24) is 0 Å². The van der Waals surface area contributed by atoms with E-state index in [9.17, 15) is 10.1 Å². The van der Waals surface area contributed by atoms with Crippen LogP contribution < -0.4 is 5.32 Å². The van der Waals surface area contributed by atoms with Crippen molar-refractivity contribution < 1.29 is 4.92 Å². The first-order valence-electron chi connectivity index (χ1n) is 6.15. The summed E-state index contributed by atoms with van der Waals surface area (Å²) in [6, 6.07) is 5.17. The van der Waals surface area contributed by atoms with Gasteiger partial charge in [0.15, 0.2) is 0 Å². The monoisotopic (exact) mass is 234 g/mol. The van der Waals surface area contributed by atoms with Gasteiger partial charge < -0.3 is 5.32 Å². The Morgan fingerprint density at radius 2 is 2.06 bits per heavy atom. The topological polar surface area (TPSA) is 55.2 Å². The second-order valence-corrected chi connectivity index (χ2v) is 4.85. The first-order chi connectivity index (χ1) is 8.15. The molecule has 0 amide bonds. The maximum absolute atomic E-state index is 10.7. The predicted molar refractivity (Wildman–Crippen MR) is 68.3 cm³/mol. The number of nitrogens with one attached hydrogen (secondary N) is 1. The summed E-state index contributed by atoms with van der Waals surface area (Å²) in [5.74, 6) is 0.731. The Hall–Kier alpha value is -1.58. The summed E-state index contributed by atoms with van der Waals surface area (Å²) >= 11 is 0. The average molecular weight is 234 g/mol. The Balaban J connectivity index is 2.01. The maximum Gasteiger partial charge on any atom is 0.271 e. The summed E-state index contributed by atoms with van der Waals surface area (Å²) in [7, 11) is 0. The summed E-state index contributed by atoms with van der Waals surface area (Å²) in [6.07, 6.45) is 5.20. The van der Waals surface area contributed by atoms with E-state index < -0.39 is 0 Å². The Kier molecular flexibility index (Phi) is 3.61. The maximum atomic E-state index is 10.7. The van der Waals surface area contributed by atoms with Crippen LogP contribution in [0.2, 0.25) is 0 Å². The molecule has 0 atom stereocenters. The zero-order valence-corrected chi connectivity index (χ0v) is 10.1. The fourth-order valence-corrected chi connectivity index (χ4v) is 2.45. The Morgan fingerprint density at radius 1 is 1.35 bits per heavy atom. The van der Waals surface area contributed by atoms with Crippen molar-refractivity contribution in [3.8, 4) is 0 Å². The number of hydrogen-bond acceptors (Lipinski definition) is 3. The lowest BCUT2D eigenvalue weighted by Crippen LogP contribution is -2.11. The minimum atomic E-state index is -0.340. The number of nitro benzene ring substituents is 1. The lowest BCUT2D eigenvalue weighted by Gasteiger charge is -2.12. The smallest absolute Gasteiger partial charge is 0.271 e. The molecule has 0 unspecified atom stereocenters. The minimum absolute atomic E-state index is 0.166. The van der Waals surface area contributed by atoms with E-state index in [1.165, 1.54) is 25.7 Å². The van der Waals surface area contributed by atoms with Crippen LogP contribution in [0.5, 0.6) is 0 Å². The van der Waals surface area contributed by atoms with Gasteiger partial charge in [0, 0.05) is 24.4 Å². The van der Waals surface area contributed by atoms with Crippen LogP contribution in [-0.2, 0) is 0 Å². The molecule has 4 nitrogen and oxygen atoms in total. The first-order valence-corrected chi connectivity index (χ1v) is 6.15. The number of benzene rings is 1. The van der Waals surface area contributed by atoms with Crippen molar-refractivity contribution in [3.05, 3.63) is 33.9 Å². The van der Waals surface area contributed by atoms with Crippen molar-refractivity contribution in [2.75, 3.05) is 11.9 Å². The molecule has 2 rings (SSSR count). The lowest BCUT2D eigenvalue weighted by molar-refractivity contribution is -0.384. The van der Waals surface area contributed by atoms with Crippen LogP contribution in [0.1, 0.15) is 31.2 Å². The molecule has 1 aliphatic rings. The van der Waals surface area contributed by atoms with Crippen LogP contribution in [-0.4, -0.2) is 11.5 Å². The summed E-state index contributed by atoms with van der Waals surface area (Å²) < 4.78 is 0. The molecule has 1 fully saturated rings. The third-order valence-electron chi connectivity index (χ3n) is 3.34. The Bertz CT molecular complexity index is 412. The average Bonchev–Trinajstić information content (AvgIpc) is 2.78. The third-order valence-corrected chi connectivity index (χ3v) is 3.34. The van der Waals surface area contributed by atoms with E-state index in [4.69, 9.17) is 0 Å². The molecular formula is C13H18N2O2. The molecular weight excluding hydrogens is 216 g/mol. The number of nitrogens with zero attached hydrogens (tertiary/aromatic N) is 1. The van der Waals surface area contributed by atoms with Gasteiger partial charge in [0.25, 0.3) is 5.69 Å². The molecule has 0 aromatic heterocycles. The number of aryl methyl sites for hydroxylation is 1. The zero-order chi connectivity index (χ0) is 12.3. The van der Waals surface area contributed by atoms with Gasteiger partial charge in [0.1, 0.15) is 0 Å². The van der Waals surface area contributed by atoms with Gasteiger partial charge in [-0.25, -0.2) is 0 Å². The van der Waals surface area contributed by atoms with E-state index in [1.807, 2.05) is 13.0 Å². The van der Waals surface area contributed by atoms with Crippen molar-refractivity contribution in [2.45, 2.75) is 32.6 Å². The molecule has 92 valence electrons. The normalized spacial score (nSPS) is 16.1. The highest BCUT2D eigenvalue weighted by molar-refractivity contribution is 5.53. The molecule has 0 saturated heterocycles. The van der Waals surface area contributed by atoms with Crippen molar-refractivity contribution in [2.24, 2.45) is 5.92 Å². The molecule has 0 bridgehead atoms. The van der Waals surface area contributed by atoms with Crippen LogP contribution in [0, 0.1) is 23.0 Å². The molecule has 1 aromatic carbocycles. The van der Waals surface area contributed by atoms with Crippen molar-refractivity contribution >= 4 is 11.4 Å². The number of non-ortho nitro benzene ring substituents is 1. The molecule has 1 N–H and O–H groups in total. The second kappa shape index (κ2) is 5.17. The quantitative estimate of drug-likeness (QED) is 0.640. The number of anilines is 1. The third kappa shape index (κ3) is 3.19. The van der Waals surface area contributed by atoms with E-state index in [0.29, 0.717) is 0 Å². The Morgan fingerprint density at radius 3 is 2.71 bits per heavy atom. The van der Waals surface area contributed by atoms with Gasteiger partial charge in [-0.3, -0.25) is 10.1 Å². The van der Waals surface area contributed by atoms with Gasteiger partial charge in [-0.1, -0.05) is 12.8 Å². The summed E-state index contributed by atoms with van der Waals surface area (Å²) in [5.41, 5.74) is 1.95. The largest absolute Gasteiger partial charge is 0.385 e. The van der Waals surface area contributed by atoms with Gasteiger partial charge in [-0.15, -0.1) is 0 Å². The Labute approximate surface area is 101 Å². The van der Waals surface area contributed by atoms with Gasteiger partial charge in [0.05, 0.1) is 4.92 Å². The van der Waals surface area contributed by atoms with E-state index >= 15 is 0 Å². The van der Waals surface area contributed by atoms with Crippen LogP contribution >= 0.6 is 0 Å². The number of rotatable bonds is 4. The molecule has 17 heavy (non-hydrogen) atoms. The molecule has 1 saturated carbocycles. The van der Waals surface area contributed by atoms with Crippen molar-refractivity contribution in [3.63, 3.8) is 0 Å². The first kappa shape index (κ1) is 11.9. The van der Waals surface area contributed by atoms with Crippen LogP contribution in [0.15, 0.2) is 18.2 Å². The van der Waals surface area contributed by atoms with E-state index in [0.717, 1.165) is 23.7 Å². The van der Waals surface area contributed by atoms with Gasteiger partial charge in [-0.2, -0.15) is 0 Å². The fraction of sp³-hybridized carbons (Fsp3) is 0.538. The molecule has 0 radical (unpaired) electrons. The zero-order valence-electron chi connectivity index (χ0n) is 10.1. The van der Waals surface area contributed by atoms with Crippen LogP contribution in [0.3, 0.4) is 0 Å². The highest BCUT2D eigenvalue weighted by atomic mass is 16.6. The lowest BCUT2D eigenvalue weighted by atomic mass is 10.1. The van der Waals surface area contributed by atoms with E-state index in [1.54, 1.807) is 12.1 Å². The molecule has 0 heterocycles.